The Bertz CT molecular complexity index is 458. The van der Waals surface area contributed by atoms with Gasteiger partial charge in [-0.3, -0.25) is 10.1 Å². The Kier molecular flexibility index (Phi) is 4.35. The maximum atomic E-state index is 11.6. The lowest BCUT2D eigenvalue weighted by molar-refractivity contribution is -0.138. The summed E-state index contributed by atoms with van der Waals surface area (Å²) in [6.07, 6.45) is -1.08. The highest BCUT2D eigenvalue weighted by Crippen LogP contribution is 2.21. The quantitative estimate of drug-likeness (QED) is 0.866. The molecular formula is C13H16N2O4. The van der Waals surface area contributed by atoms with Crippen LogP contribution in [0.4, 0.5) is 10.5 Å². The van der Waals surface area contributed by atoms with Crippen molar-refractivity contribution in [2.45, 2.75) is 13.0 Å². The number of rotatable bonds is 3. The zero-order chi connectivity index (χ0) is 13.7. The van der Waals surface area contributed by atoms with Crippen molar-refractivity contribution in [2.24, 2.45) is 0 Å². The van der Waals surface area contributed by atoms with Gasteiger partial charge in [-0.2, -0.15) is 0 Å². The number of hydrogen-bond donors (Lipinski definition) is 2. The van der Waals surface area contributed by atoms with Crippen molar-refractivity contribution < 1.29 is 19.1 Å². The van der Waals surface area contributed by atoms with Gasteiger partial charge in [0.1, 0.15) is 0 Å². The summed E-state index contributed by atoms with van der Waals surface area (Å²) in [4.78, 5) is 22.8. The molecule has 19 heavy (non-hydrogen) atoms. The minimum atomic E-state index is -0.578. The van der Waals surface area contributed by atoms with Gasteiger partial charge in [-0.05, 0) is 24.6 Å². The van der Waals surface area contributed by atoms with Crippen LogP contribution in [-0.4, -0.2) is 31.8 Å². The smallest absolute Gasteiger partial charge is 0.411 e. The third kappa shape index (κ3) is 3.45. The maximum absolute atomic E-state index is 11.6. The SMILES string of the molecule is CCOC(=O)Nc1ccc(C2OCCNC2=O)cc1. The number of nitrogens with one attached hydrogen (secondary N) is 2. The summed E-state index contributed by atoms with van der Waals surface area (Å²) in [6.45, 7) is 3.10. The predicted molar refractivity (Wildman–Crippen MR) is 68.8 cm³/mol. The Morgan fingerprint density at radius 1 is 1.47 bits per heavy atom. The maximum Gasteiger partial charge on any atom is 0.411 e. The van der Waals surface area contributed by atoms with Crippen LogP contribution in [-0.2, 0) is 14.3 Å². The molecule has 1 aliphatic rings. The second-order valence-corrected chi connectivity index (χ2v) is 4.01. The minimum absolute atomic E-state index is 0.141. The zero-order valence-corrected chi connectivity index (χ0v) is 10.6. The number of morpholine rings is 1. The molecule has 0 aliphatic carbocycles. The van der Waals surface area contributed by atoms with E-state index < -0.39 is 12.2 Å². The second-order valence-electron chi connectivity index (χ2n) is 4.01. The van der Waals surface area contributed by atoms with Crippen LogP contribution in [0.2, 0.25) is 0 Å². The summed E-state index contributed by atoms with van der Waals surface area (Å²) in [7, 11) is 0. The van der Waals surface area contributed by atoms with Crippen molar-refractivity contribution in [3.63, 3.8) is 0 Å². The molecule has 0 aromatic heterocycles. The van der Waals surface area contributed by atoms with Gasteiger partial charge < -0.3 is 14.8 Å². The van der Waals surface area contributed by atoms with Crippen LogP contribution in [0.25, 0.3) is 0 Å². The van der Waals surface area contributed by atoms with Crippen molar-refractivity contribution in [3.05, 3.63) is 29.8 Å². The lowest BCUT2D eigenvalue weighted by atomic mass is 10.1. The number of benzene rings is 1. The first-order valence-electron chi connectivity index (χ1n) is 6.13. The molecule has 6 heteroatoms. The third-order valence-electron chi connectivity index (χ3n) is 2.66. The molecule has 2 amide bonds. The Morgan fingerprint density at radius 3 is 2.84 bits per heavy atom. The van der Waals surface area contributed by atoms with E-state index >= 15 is 0 Å². The standard InChI is InChI=1S/C13H16N2O4/c1-2-18-13(17)15-10-5-3-9(4-6-10)11-12(16)14-7-8-19-11/h3-6,11H,2,7-8H2,1H3,(H,14,16)(H,15,17). The fraction of sp³-hybridized carbons (Fsp3) is 0.385. The number of ether oxygens (including phenoxy) is 2. The highest BCUT2D eigenvalue weighted by molar-refractivity contribution is 5.85. The third-order valence-corrected chi connectivity index (χ3v) is 2.66. The molecule has 1 heterocycles. The van der Waals surface area contributed by atoms with Gasteiger partial charge in [0, 0.05) is 12.2 Å². The molecule has 1 unspecified atom stereocenters. The summed E-state index contributed by atoms with van der Waals surface area (Å²) >= 11 is 0. The Labute approximate surface area is 111 Å². The van der Waals surface area contributed by atoms with E-state index in [1.807, 2.05) is 0 Å². The fourth-order valence-corrected chi connectivity index (χ4v) is 1.79. The zero-order valence-electron chi connectivity index (χ0n) is 10.6. The molecule has 2 N–H and O–H groups in total. The molecule has 0 bridgehead atoms. The number of carbonyl (C=O) groups is 2. The molecule has 1 atom stereocenters. The van der Waals surface area contributed by atoms with E-state index in [0.717, 1.165) is 5.56 Å². The van der Waals surface area contributed by atoms with Crippen LogP contribution in [0.1, 0.15) is 18.6 Å². The van der Waals surface area contributed by atoms with Crippen molar-refractivity contribution >= 4 is 17.7 Å². The van der Waals surface area contributed by atoms with E-state index in [1.165, 1.54) is 0 Å². The minimum Gasteiger partial charge on any atom is -0.450 e. The van der Waals surface area contributed by atoms with Gasteiger partial charge >= 0.3 is 6.09 Å². The van der Waals surface area contributed by atoms with Crippen molar-refractivity contribution in [3.8, 4) is 0 Å². The molecule has 1 saturated heterocycles. The number of carbonyl (C=O) groups excluding carboxylic acids is 2. The molecular weight excluding hydrogens is 248 g/mol. The highest BCUT2D eigenvalue weighted by atomic mass is 16.5. The summed E-state index contributed by atoms with van der Waals surface area (Å²) in [6, 6.07) is 6.91. The van der Waals surface area contributed by atoms with Crippen LogP contribution >= 0.6 is 0 Å². The number of anilines is 1. The molecule has 0 saturated carbocycles. The Morgan fingerprint density at radius 2 is 2.21 bits per heavy atom. The largest absolute Gasteiger partial charge is 0.450 e. The van der Waals surface area contributed by atoms with E-state index in [4.69, 9.17) is 9.47 Å². The molecule has 0 spiro atoms. The van der Waals surface area contributed by atoms with Crippen LogP contribution in [0.15, 0.2) is 24.3 Å². The fourth-order valence-electron chi connectivity index (χ4n) is 1.79. The van der Waals surface area contributed by atoms with Gasteiger partial charge in [0.15, 0.2) is 6.10 Å². The van der Waals surface area contributed by atoms with E-state index in [9.17, 15) is 9.59 Å². The van der Waals surface area contributed by atoms with Crippen LogP contribution in [0.5, 0.6) is 0 Å². The first kappa shape index (κ1) is 13.4. The summed E-state index contributed by atoms with van der Waals surface area (Å²) in [5, 5.41) is 5.32. The number of amides is 2. The molecule has 102 valence electrons. The van der Waals surface area contributed by atoms with Crippen LogP contribution in [0.3, 0.4) is 0 Å². The van der Waals surface area contributed by atoms with Crippen molar-refractivity contribution in [1.29, 1.82) is 0 Å². The average molecular weight is 264 g/mol. The van der Waals surface area contributed by atoms with Gasteiger partial charge in [0.25, 0.3) is 5.91 Å². The lowest BCUT2D eigenvalue weighted by Gasteiger charge is -2.22. The molecule has 1 aliphatic heterocycles. The first-order valence-corrected chi connectivity index (χ1v) is 6.13. The van der Waals surface area contributed by atoms with Gasteiger partial charge in [0.05, 0.1) is 13.2 Å². The lowest BCUT2D eigenvalue weighted by Crippen LogP contribution is -2.39. The highest BCUT2D eigenvalue weighted by Gasteiger charge is 2.24. The summed E-state index contributed by atoms with van der Waals surface area (Å²) in [5.41, 5.74) is 1.37. The average Bonchev–Trinajstić information content (AvgIpc) is 2.41. The summed E-state index contributed by atoms with van der Waals surface area (Å²) < 4.78 is 10.2. The normalized spacial score (nSPS) is 18.6. The molecule has 1 aromatic rings. The first-order chi connectivity index (χ1) is 9.20. The molecule has 6 nitrogen and oxygen atoms in total. The van der Waals surface area contributed by atoms with Gasteiger partial charge in [0.2, 0.25) is 0 Å². The molecule has 1 fully saturated rings. The topological polar surface area (TPSA) is 76.7 Å². The van der Waals surface area contributed by atoms with E-state index in [2.05, 4.69) is 10.6 Å². The van der Waals surface area contributed by atoms with Crippen molar-refractivity contribution in [1.82, 2.24) is 5.32 Å². The van der Waals surface area contributed by atoms with Crippen LogP contribution in [0, 0.1) is 0 Å². The van der Waals surface area contributed by atoms with E-state index in [-0.39, 0.29) is 5.91 Å². The van der Waals surface area contributed by atoms with Gasteiger partial charge in [-0.15, -0.1) is 0 Å². The van der Waals surface area contributed by atoms with Crippen LogP contribution < -0.4 is 10.6 Å². The Balaban J connectivity index is 2.01. The second kappa shape index (κ2) is 6.19. The van der Waals surface area contributed by atoms with E-state index in [0.29, 0.717) is 25.4 Å². The molecule has 0 radical (unpaired) electrons. The predicted octanol–water partition coefficient (Wildman–Crippen LogP) is 1.44. The van der Waals surface area contributed by atoms with E-state index in [1.54, 1.807) is 31.2 Å². The van der Waals surface area contributed by atoms with Gasteiger partial charge in [-0.1, -0.05) is 12.1 Å². The Hall–Kier alpha value is -2.08. The number of hydrogen-bond acceptors (Lipinski definition) is 4. The summed E-state index contributed by atoms with van der Waals surface area (Å²) in [5.74, 6) is -0.141. The van der Waals surface area contributed by atoms with Crippen molar-refractivity contribution in [2.75, 3.05) is 25.1 Å². The molecule has 1 aromatic carbocycles. The molecule has 2 rings (SSSR count). The van der Waals surface area contributed by atoms with Gasteiger partial charge in [-0.25, -0.2) is 4.79 Å². The monoisotopic (exact) mass is 264 g/mol.